The summed E-state index contributed by atoms with van der Waals surface area (Å²) in [6.07, 6.45) is 4.37. The van der Waals surface area contributed by atoms with Gasteiger partial charge in [-0.2, -0.15) is 0 Å². The van der Waals surface area contributed by atoms with Crippen LogP contribution in [0.1, 0.15) is 5.56 Å². The highest BCUT2D eigenvalue weighted by molar-refractivity contribution is 5.39. The number of nitrogens with two attached hydrogens (primary N) is 1. The molecular weight excluding hydrogens is 200 g/mol. The first-order chi connectivity index (χ1) is 7.84. The topological polar surface area (TPSA) is 63.8 Å². The third-order valence-electron chi connectivity index (χ3n) is 2.24. The zero-order chi connectivity index (χ0) is 11.2. The zero-order valence-corrected chi connectivity index (χ0v) is 8.93. The van der Waals surface area contributed by atoms with Gasteiger partial charge >= 0.3 is 0 Å². The van der Waals surface area contributed by atoms with Crippen molar-refractivity contribution < 1.29 is 0 Å². The van der Waals surface area contributed by atoms with E-state index in [0.29, 0.717) is 5.95 Å². The van der Waals surface area contributed by atoms with Gasteiger partial charge in [0.05, 0.1) is 0 Å². The second-order valence-corrected chi connectivity index (χ2v) is 3.49. The summed E-state index contributed by atoms with van der Waals surface area (Å²) < 4.78 is 0. The van der Waals surface area contributed by atoms with E-state index in [1.54, 1.807) is 18.5 Å². The lowest BCUT2D eigenvalue weighted by atomic mass is 10.1. The summed E-state index contributed by atoms with van der Waals surface area (Å²) in [5.41, 5.74) is 7.65. The van der Waals surface area contributed by atoms with Gasteiger partial charge in [0, 0.05) is 24.6 Å². The predicted octanol–water partition coefficient (Wildman–Crippen LogP) is 1.71. The van der Waals surface area contributed by atoms with Crippen LogP contribution in [0.25, 0.3) is 0 Å². The van der Waals surface area contributed by atoms with Crippen molar-refractivity contribution in [2.45, 2.75) is 6.42 Å². The molecule has 0 aliphatic heterocycles. The van der Waals surface area contributed by atoms with Crippen LogP contribution in [0.3, 0.4) is 0 Å². The molecule has 4 nitrogen and oxygen atoms in total. The van der Waals surface area contributed by atoms with Gasteiger partial charge in [-0.05, 0) is 30.2 Å². The number of benzene rings is 1. The van der Waals surface area contributed by atoms with Crippen LogP contribution in [0, 0.1) is 0 Å². The van der Waals surface area contributed by atoms with Gasteiger partial charge in [-0.15, -0.1) is 0 Å². The van der Waals surface area contributed by atoms with Gasteiger partial charge in [0.2, 0.25) is 5.95 Å². The van der Waals surface area contributed by atoms with E-state index >= 15 is 0 Å². The second-order valence-electron chi connectivity index (χ2n) is 3.49. The summed E-state index contributed by atoms with van der Waals surface area (Å²) in [6.45, 7) is 0.813. The van der Waals surface area contributed by atoms with Gasteiger partial charge in [0.1, 0.15) is 0 Å². The number of nitrogens with one attached hydrogen (secondary N) is 1. The van der Waals surface area contributed by atoms with Crippen molar-refractivity contribution >= 4 is 11.6 Å². The molecule has 3 N–H and O–H groups in total. The van der Waals surface area contributed by atoms with Gasteiger partial charge in [0.15, 0.2) is 0 Å². The van der Waals surface area contributed by atoms with Crippen molar-refractivity contribution in [3.63, 3.8) is 0 Å². The molecular formula is C12H14N4. The summed E-state index contributed by atoms with van der Waals surface area (Å²) in [6, 6.07) is 9.68. The average Bonchev–Trinajstić information content (AvgIpc) is 2.33. The fraction of sp³-hybridized carbons (Fsp3) is 0.167. The quantitative estimate of drug-likeness (QED) is 0.760. The third kappa shape index (κ3) is 2.95. The first-order valence-electron chi connectivity index (χ1n) is 5.20. The van der Waals surface area contributed by atoms with E-state index in [1.165, 1.54) is 5.56 Å². The van der Waals surface area contributed by atoms with Gasteiger partial charge in [-0.3, -0.25) is 0 Å². The maximum atomic E-state index is 5.61. The monoisotopic (exact) mass is 214 g/mol. The van der Waals surface area contributed by atoms with E-state index in [0.717, 1.165) is 18.7 Å². The largest absolute Gasteiger partial charge is 0.399 e. The normalized spacial score (nSPS) is 10.0. The van der Waals surface area contributed by atoms with Crippen molar-refractivity contribution in [3.8, 4) is 0 Å². The summed E-state index contributed by atoms with van der Waals surface area (Å²) >= 11 is 0. The van der Waals surface area contributed by atoms with Crippen LogP contribution in [0.15, 0.2) is 42.7 Å². The van der Waals surface area contributed by atoms with Crippen molar-refractivity contribution in [2.75, 3.05) is 17.6 Å². The molecule has 2 rings (SSSR count). The molecule has 0 amide bonds. The maximum Gasteiger partial charge on any atom is 0.222 e. The highest BCUT2D eigenvalue weighted by Gasteiger charge is 1.95. The Morgan fingerprint density at radius 2 is 1.75 bits per heavy atom. The summed E-state index contributed by atoms with van der Waals surface area (Å²) in [5.74, 6) is 0.665. The van der Waals surface area contributed by atoms with Crippen LogP contribution in [0.4, 0.5) is 11.6 Å². The molecule has 0 aliphatic carbocycles. The Balaban J connectivity index is 1.82. The standard InChI is InChI=1S/C12H14N4/c13-11-4-2-10(3-5-11)6-9-16-12-14-7-1-8-15-12/h1-5,7-8H,6,9,13H2,(H,14,15,16). The molecule has 0 radical (unpaired) electrons. The molecule has 4 heteroatoms. The van der Waals surface area contributed by atoms with Crippen molar-refractivity contribution in [3.05, 3.63) is 48.3 Å². The second kappa shape index (κ2) is 5.11. The van der Waals surface area contributed by atoms with Gasteiger partial charge < -0.3 is 11.1 Å². The number of aromatic nitrogens is 2. The highest BCUT2D eigenvalue weighted by Crippen LogP contribution is 2.06. The van der Waals surface area contributed by atoms with Crippen LogP contribution in [-0.2, 0) is 6.42 Å². The Morgan fingerprint density at radius 1 is 1.06 bits per heavy atom. The Labute approximate surface area is 94.5 Å². The van der Waals surface area contributed by atoms with Crippen LogP contribution in [-0.4, -0.2) is 16.5 Å². The van der Waals surface area contributed by atoms with E-state index in [4.69, 9.17) is 5.73 Å². The van der Waals surface area contributed by atoms with E-state index in [9.17, 15) is 0 Å². The number of rotatable bonds is 4. The van der Waals surface area contributed by atoms with E-state index in [2.05, 4.69) is 15.3 Å². The zero-order valence-electron chi connectivity index (χ0n) is 8.93. The van der Waals surface area contributed by atoms with E-state index in [-0.39, 0.29) is 0 Å². The molecule has 2 aromatic rings. The first kappa shape index (κ1) is 10.4. The molecule has 82 valence electrons. The number of nitrogen functional groups attached to an aromatic ring is 1. The number of anilines is 2. The molecule has 1 heterocycles. The van der Waals surface area contributed by atoms with Gasteiger partial charge in [0.25, 0.3) is 0 Å². The summed E-state index contributed by atoms with van der Waals surface area (Å²) in [7, 11) is 0. The fourth-order valence-electron chi connectivity index (χ4n) is 1.39. The summed E-state index contributed by atoms with van der Waals surface area (Å²) in [4.78, 5) is 8.16. The van der Waals surface area contributed by atoms with Crippen molar-refractivity contribution in [2.24, 2.45) is 0 Å². The lowest BCUT2D eigenvalue weighted by Gasteiger charge is -2.04. The number of hydrogen-bond donors (Lipinski definition) is 2. The minimum atomic E-state index is 0.665. The molecule has 0 fully saturated rings. The molecule has 0 atom stereocenters. The molecule has 1 aromatic heterocycles. The average molecular weight is 214 g/mol. The van der Waals surface area contributed by atoms with Crippen molar-refractivity contribution in [1.29, 1.82) is 0 Å². The lowest BCUT2D eigenvalue weighted by molar-refractivity contribution is 0.984. The minimum absolute atomic E-state index is 0.665. The fourth-order valence-corrected chi connectivity index (χ4v) is 1.39. The minimum Gasteiger partial charge on any atom is -0.399 e. The Bertz CT molecular complexity index is 425. The maximum absolute atomic E-state index is 5.61. The molecule has 0 saturated carbocycles. The Hall–Kier alpha value is -2.10. The Morgan fingerprint density at radius 3 is 2.44 bits per heavy atom. The SMILES string of the molecule is Nc1ccc(CCNc2ncccn2)cc1. The third-order valence-corrected chi connectivity index (χ3v) is 2.24. The summed E-state index contributed by atoms with van der Waals surface area (Å²) in [5, 5.41) is 3.15. The van der Waals surface area contributed by atoms with Crippen LogP contribution in [0.2, 0.25) is 0 Å². The van der Waals surface area contributed by atoms with Crippen molar-refractivity contribution in [1.82, 2.24) is 9.97 Å². The smallest absolute Gasteiger partial charge is 0.222 e. The van der Waals surface area contributed by atoms with Crippen LogP contribution >= 0.6 is 0 Å². The van der Waals surface area contributed by atoms with Crippen LogP contribution in [0.5, 0.6) is 0 Å². The molecule has 0 bridgehead atoms. The van der Waals surface area contributed by atoms with Crippen LogP contribution < -0.4 is 11.1 Å². The molecule has 0 unspecified atom stereocenters. The van der Waals surface area contributed by atoms with E-state index < -0.39 is 0 Å². The van der Waals surface area contributed by atoms with Gasteiger partial charge in [-0.1, -0.05) is 12.1 Å². The van der Waals surface area contributed by atoms with Gasteiger partial charge in [-0.25, -0.2) is 9.97 Å². The van der Waals surface area contributed by atoms with E-state index in [1.807, 2.05) is 24.3 Å². The molecule has 0 saturated heterocycles. The lowest BCUT2D eigenvalue weighted by Crippen LogP contribution is -2.07. The number of nitrogens with zero attached hydrogens (tertiary/aromatic N) is 2. The first-order valence-corrected chi connectivity index (χ1v) is 5.20. The molecule has 1 aromatic carbocycles. The molecule has 16 heavy (non-hydrogen) atoms. The Kier molecular flexibility index (Phi) is 3.33. The molecule has 0 spiro atoms. The number of hydrogen-bond acceptors (Lipinski definition) is 4. The molecule has 0 aliphatic rings. The predicted molar refractivity (Wildman–Crippen MR) is 65.1 cm³/mol. The highest BCUT2D eigenvalue weighted by atomic mass is 15.1.